The van der Waals surface area contributed by atoms with Crippen molar-refractivity contribution < 1.29 is 13.6 Å². The molecular formula is C11H15F2N3O. The van der Waals surface area contributed by atoms with Gasteiger partial charge in [0.2, 0.25) is 5.91 Å². The first-order valence-corrected chi connectivity index (χ1v) is 5.28. The minimum absolute atomic E-state index is 0.00206. The number of hydrogen-bond acceptors (Lipinski definition) is 3. The zero-order chi connectivity index (χ0) is 13.0. The standard InChI is InChI=1S/C11H15F2N3O/c1-6(2)15-11(17)7(3)16-10-9(13)4-8(12)5-14-10/h4-7H,1-3H3,(H,14,16)(H,15,17). The average Bonchev–Trinajstić information content (AvgIpc) is 2.21. The van der Waals surface area contributed by atoms with Crippen LogP contribution in [0, 0.1) is 11.6 Å². The maximum Gasteiger partial charge on any atom is 0.242 e. The lowest BCUT2D eigenvalue weighted by Gasteiger charge is -2.16. The Morgan fingerprint density at radius 1 is 1.35 bits per heavy atom. The summed E-state index contributed by atoms with van der Waals surface area (Å²) in [6.07, 6.45) is 0.887. The number of halogens is 2. The first kappa shape index (κ1) is 13.3. The van der Waals surface area contributed by atoms with Gasteiger partial charge in [0, 0.05) is 12.1 Å². The van der Waals surface area contributed by atoms with Gasteiger partial charge in [0.25, 0.3) is 0 Å². The predicted octanol–water partition coefficient (Wildman–Crippen LogP) is 1.68. The number of pyridine rings is 1. The van der Waals surface area contributed by atoms with E-state index in [0.717, 1.165) is 6.20 Å². The predicted molar refractivity (Wildman–Crippen MR) is 60.5 cm³/mol. The van der Waals surface area contributed by atoms with Crippen LogP contribution in [-0.2, 0) is 4.79 Å². The zero-order valence-corrected chi connectivity index (χ0v) is 9.92. The Bertz CT molecular complexity index is 410. The maximum absolute atomic E-state index is 13.2. The van der Waals surface area contributed by atoms with Crippen LogP contribution in [0.5, 0.6) is 0 Å². The summed E-state index contributed by atoms with van der Waals surface area (Å²) in [4.78, 5) is 15.1. The van der Waals surface area contributed by atoms with Crippen molar-refractivity contribution in [3.63, 3.8) is 0 Å². The maximum atomic E-state index is 13.2. The first-order chi connectivity index (χ1) is 7.90. The van der Waals surface area contributed by atoms with Crippen LogP contribution in [0.25, 0.3) is 0 Å². The summed E-state index contributed by atoms with van der Waals surface area (Å²) in [7, 11) is 0. The van der Waals surface area contributed by atoms with Gasteiger partial charge in [-0.05, 0) is 20.8 Å². The molecule has 94 valence electrons. The smallest absolute Gasteiger partial charge is 0.242 e. The van der Waals surface area contributed by atoms with Crippen LogP contribution in [0.4, 0.5) is 14.6 Å². The molecule has 0 saturated heterocycles. The van der Waals surface area contributed by atoms with Gasteiger partial charge in [-0.25, -0.2) is 13.8 Å². The van der Waals surface area contributed by atoms with Crippen molar-refractivity contribution in [2.24, 2.45) is 0 Å². The summed E-state index contributed by atoms with van der Waals surface area (Å²) in [6.45, 7) is 5.21. The molecule has 6 heteroatoms. The number of hydrogen-bond donors (Lipinski definition) is 2. The highest BCUT2D eigenvalue weighted by atomic mass is 19.1. The van der Waals surface area contributed by atoms with Crippen molar-refractivity contribution in [2.45, 2.75) is 32.9 Å². The van der Waals surface area contributed by atoms with E-state index in [4.69, 9.17) is 0 Å². The largest absolute Gasteiger partial charge is 0.356 e. The number of rotatable bonds is 4. The van der Waals surface area contributed by atoms with Gasteiger partial charge in [-0.1, -0.05) is 0 Å². The molecule has 1 heterocycles. The van der Waals surface area contributed by atoms with Crippen LogP contribution in [0.2, 0.25) is 0 Å². The van der Waals surface area contributed by atoms with Crippen LogP contribution in [0.1, 0.15) is 20.8 Å². The summed E-state index contributed by atoms with van der Waals surface area (Å²) < 4.78 is 25.8. The first-order valence-electron chi connectivity index (χ1n) is 5.28. The third-order valence-electron chi connectivity index (χ3n) is 1.99. The van der Waals surface area contributed by atoms with Crippen LogP contribution in [0.15, 0.2) is 12.3 Å². The van der Waals surface area contributed by atoms with E-state index in [2.05, 4.69) is 15.6 Å². The summed E-state index contributed by atoms with van der Waals surface area (Å²) in [5.74, 6) is -2.00. The quantitative estimate of drug-likeness (QED) is 0.846. The minimum Gasteiger partial charge on any atom is -0.356 e. The van der Waals surface area contributed by atoms with Crippen LogP contribution in [-0.4, -0.2) is 23.0 Å². The molecule has 0 aromatic carbocycles. The van der Waals surface area contributed by atoms with Crippen molar-refractivity contribution >= 4 is 11.7 Å². The topological polar surface area (TPSA) is 54.0 Å². The Kier molecular flexibility index (Phi) is 4.37. The molecule has 0 bridgehead atoms. The molecule has 0 fully saturated rings. The highest BCUT2D eigenvalue weighted by Gasteiger charge is 2.16. The number of aromatic nitrogens is 1. The zero-order valence-electron chi connectivity index (χ0n) is 9.92. The summed E-state index contributed by atoms with van der Waals surface area (Å²) >= 11 is 0. The number of nitrogens with zero attached hydrogens (tertiary/aromatic N) is 1. The van der Waals surface area contributed by atoms with E-state index in [1.807, 2.05) is 13.8 Å². The Labute approximate surface area is 98.4 Å². The monoisotopic (exact) mass is 243 g/mol. The van der Waals surface area contributed by atoms with E-state index < -0.39 is 17.7 Å². The van der Waals surface area contributed by atoms with Gasteiger partial charge in [-0.2, -0.15) is 0 Å². The molecule has 1 atom stereocenters. The van der Waals surface area contributed by atoms with Crippen LogP contribution in [0.3, 0.4) is 0 Å². The lowest BCUT2D eigenvalue weighted by atomic mass is 10.2. The van der Waals surface area contributed by atoms with E-state index in [9.17, 15) is 13.6 Å². The molecule has 0 saturated carbocycles. The van der Waals surface area contributed by atoms with Crippen molar-refractivity contribution in [2.75, 3.05) is 5.32 Å². The number of nitrogens with one attached hydrogen (secondary N) is 2. The fourth-order valence-corrected chi connectivity index (χ4v) is 1.20. The second-order valence-corrected chi connectivity index (χ2v) is 4.01. The molecule has 0 aliphatic heterocycles. The van der Waals surface area contributed by atoms with Crippen molar-refractivity contribution in [1.82, 2.24) is 10.3 Å². The van der Waals surface area contributed by atoms with Gasteiger partial charge in [0.05, 0.1) is 6.20 Å². The third-order valence-corrected chi connectivity index (χ3v) is 1.99. The van der Waals surface area contributed by atoms with Gasteiger partial charge in [0.15, 0.2) is 11.6 Å². The lowest BCUT2D eigenvalue weighted by Crippen LogP contribution is -2.41. The second-order valence-electron chi connectivity index (χ2n) is 4.01. The third kappa shape index (κ3) is 3.97. The number of amides is 1. The van der Waals surface area contributed by atoms with Gasteiger partial charge in [-0.15, -0.1) is 0 Å². The molecule has 1 rings (SSSR count). The molecule has 2 N–H and O–H groups in total. The summed E-state index contributed by atoms with van der Waals surface area (Å²) in [5, 5.41) is 5.25. The average molecular weight is 243 g/mol. The molecule has 4 nitrogen and oxygen atoms in total. The number of anilines is 1. The van der Waals surface area contributed by atoms with Crippen molar-refractivity contribution in [3.05, 3.63) is 23.9 Å². The second kappa shape index (κ2) is 5.56. The molecule has 0 spiro atoms. The molecule has 0 aliphatic carbocycles. The number of carbonyl (C=O) groups excluding carboxylic acids is 1. The molecule has 1 aromatic rings. The van der Waals surface area contributed by atoms with Crippen molar-refractivity contribution in [3.8, 4) is 0 Å². The molecule has 1 amide bonds. The highest BCUT2D eigenvalue weighted by molar-refractivity contribution is 5.84. The van der Waals surface area contributed by atoms with E-state index in [0.29, 0.717) is 6.07 Å². The minimum atomic E-state index is -0.825. The summed E-state index contributed by atoms with van der Waals surface area (Å²) in [6, 6.07) is 0.0604. The Hall–Kier alpha value is -1.72. The fourth-order valence-electron chi connectivity index (χ4n) is 1.20. The lowest BCUT2D eigenvalue weighted by molar-refractivity contribution is -0.122. The highest BCUT2D eigenvalue weighted by Crippen LogP contribution is 2.12. The molecule has 0 radical (unpaired) electrons. The van der Waals surface area contributed by atoms with E-state index in [1.54, 1.807) is 6.92 Å². The normalized spacial score (nSPS) is 12.4. The SMILES string of the molecule is CC(C)NC(=O)C(C)Nc1ncc(F)cc1F. The Morgan fingerprint density at radius 2 is 2.00 bits per heavy atom. The van der Waals surface area contributed by atoms with E-state index in [-0.39, 0.29) is 17.8 Å². The molecular weight excluding hydrogens is 228 g/mol. The van der Waals surface area contributed by atoms with Gasteiger partial charge in [-0.3, -0.25) is 4.79 Å². The van der Waals surface area contributed by atoms with Gasteiger partial charge in [0.1, 0.15) is 11.9 Å². The molecule has 17 heavy (non-hydrogen) atoms. The van der Waals surface area contributed by atoms with Crippen LogP contribution < -0.4 is 10.6 Å². The van der Waals surface area contributed by atoms with Crippen LogP contribution >= 0.6 is 0 Å². The summed E-state index contributed by atoms with van der Waals surface area (Å²) in [5.41, 5.74) is 0. The van der Waals surface area contributed by atoms with Gasteiger partial charge >= 0.3 is 0 Å². The Balaban J connectivity index is 2.67. The fraction of sp³-hybridized carbons (Fsp3) is 0.455. The molecule has 0 aliphatic rings. The van der Waals surface area contributed by atoms with E-state index in [1.165, 1.54) is 0 Å². The number of carbonyl (C=O) groups is 1. The van der Waals surface area contributed by atoms with Crippen molar-refractivity contribution in [1.29, 1.82) is 0 Å². The molecule has 1 unspecified atom stereocenters. The van der Waals surface area contributed by atoms with Gasteiger partial charge < -0.3 is 10.6 Å². The Morgan fingerprint density at radius 3 is 2.53 bits per heavy atom. The molecule has 1 aromatic heterocycles. The van der Waals surface area contributed by atoms with E-state index >= 15 is 0 Å².